The molecule has 102 valence electrons. The SMILES string of the molecule is CCc1c(C#N)nnn1-c1ccc(OC)c([N+](=O)[O-])c1. The molecule has 0 N–H and O–H groups in total. The Morgan fingerprint density at radius 3 is 2.85 bits per heavy atom. The van der Waals surface area contributed by atoms with E-state index in [1.807, 2.05) is 13.0 Å². The maximum Gasteiger partial charge on any atom is 0.313 e. The van der Waals surface area contributed by atoms with Gasteiger partial charge in [0.05, 0.1) is 23.4 Å². The number of hydrogen-bond acceptors (Lipinski definition) is 6. The molecule has 8 nitrogen and oxygen atoms in total. The average Bonchev–Trinajstić information content (AvgIpc) is 2.89. The Bertz CT molecular complexity index is 702. The van der Waals surface area contributed by atoms with Crippen LogP contribution in [-0.2, 0) is 6.42 Å². The van der Waals surface area contributed by atoms with E-state index >= 15 is 0 Å². The number of methoxy groups -OCH3 is 1. The molecular weight excluding hydrogens is 262 g/mol. The van der Waals surface area contributed by atoms with Crippen LogP contribution in [0.1, 0.15) is 18.3 Å². The fourth-order valence-corrected chi connectivity index (χ4v) is 1.87. The van der Waals surface area contributed by atoms with Crippen LogP contribution in [0.2, 0.25) is 0 Å². The molecule has 0 spiro atoms. The number of aromatic nitrogens is 3. The van der Waals surface area contributed by atoms with Crippen LogP contribution in [-0.4, -0.2) is 27.0 Å². The van der Waals surface area contributed by atoms with E-state index in [0.717, 1.165) is 0 Å². The molecule has 0 fully saturated rings. The molecule has 0 saturated heterocycles. The predicted molar refractivity (Wildman–Crippen MR) is 68.7 cm³/mol. The van der Waals surface area contributed by atoms with Gasteiger partial charge in [-0.15, -0.1) is 5.10 Å². The second-order valence-electron chi connectivity index (χ2n) is 3.88. The molecule has 0 aliphatic heterocycles. The van der Waals surface area contributed by atoms with E-state index in [1.165, 1.54) is 23.9 Å². The van der Waals surface area contributed by atoms with Crippen LogP contribution in [0.5, 0.6) is 5.75 Å². The summed E-state index contributed by atoms with van der Waals surface area (Å²) < 4.78 is 6.36. The Balaban J connectivity index is 2.60. The van der Waals surface area contributed by atoms with Gasteiger partial charge < -0.3 is 4.74 Å². The van der Waals surface area contributed by atoms with E-state index in [4.69, 9.17) is 10.00 Å². The topological polar surface area (TPSA) is 107 Å². The average molecular weight is 273 g/mol. The molecule has 8 heteroatoms. The minimum Gasteiger partial charge on any atom is -0.490 e. The lowest BCUT2D eigenvalue weighted by molar-refractivity contribution is -0.385. The molecule has 0 saturated carbocycles. The summed E-state index contributed by atoms with van der Waals surface area (Å²) in [5.41, 5.74) is 1.11. The largest absolute Gasteiger partial charge is 0.490 e. The molecule has 0 unspecified atom stereocenters. The summed E-state index contributed by atoms with van der Waals surface area (Å²) in [6.07, 6.45) is 0.537. The Morgan fingerprint density at radius 2 is 2.30 bits per heavy atom. The smallest absolute Gasteiger partial charge is 0.313 e. The third-order valence-electron chi connectivity index (χ3n) is 2.81. The van der Waals surface area contributed by atoms with E-state index in [1.54, 1.807) is 6.07 Å². The van der Waals surface area contributed by atoms with Gasteiger partial charge >= 0.3 is 5.69 Å². The standard InChI is InChI=1S/C12H11N5O3/c1-3-10-9(7-13)14-15-16(10)8-4-5-12(20-2)11(6-8)17(18)19/h4-6H,3H2,1-2H3. The lowest BCUT2D eigenvalue weighted by atomic mass is 10.2. The van der Waals surface area contributed by atoms with Crippen molar-refractivity contribution in [1.29, 1.82) is 5.26 Å². The van der Waals surface area contributed by atoms with Crippen LogP contribution < -0.4 is 4.74 Å². The Hall–Kier alpha value is -2.95. The summed E-state index contributed by atoms with van der Waals surface area (Å²) in [6.45, 7) is 1.86. The molecule has 0 aliphatic carbocycles. The Morgan fingerprint density at radius 1 is 1.55 bits per heavy atom. The Labute approximate surface area is 114 Å². The van der Waals surface area contributed by atoms with Gasteiger partial charge in [0, 0.05) is 6.07 Å². The monoisotopic (exact) mass is 273 g/mol. The number of nitriles is 1. The zero-order valence-corrected chi connectivity index (χ0v) is 10.9. The summed E-state index contributed by atoms with van der Waals surface area (Å²) in [6, 6.07) is 6.40. The quantitative estimate of drug-likeness (QED) is 0.618. The van der Waals surface area contributed by atoms with E-state index in [-0.39, 0.29) is 17.1 Å². The summed E-state index contributed by atoms with van der Waals surface area (Å²) in [7, 11) is 1.36. The van der Waals surface area contributed by atoms with Gasteiger partial charge in [-0.3, -0.25) is 10.1 Å². The molecule has 0 atom stereocenters. The van der Waals surface area contributed by atoms with E-state index in [0.29, 0.717) is 17.8 Å². The van der Waals surface area contributed by atoms with Gasteiger partial charge in [-0.05, 0) is 18.6 Å². The second kappa shape index (κ2) is 5.36. The highest BCUT2D eigenvalue weighted by Gasteiger charge is 2.18. The normalized spacial score (nSPS) is 10.1. The van der Waals surface area contributed by atoms with Crippen molar-refractivity contribution in [1.82, 2.24) is 15.0 Å². The zero-order valence-electron chi connectivity index (χ0n) is 10.9. The van der Waals surface area contributed by atoms with E-state index < -0.39 is 4.92 Å². The van der Waals surface area contributed by atoms with Gasteiger partial charge in [-0.25, -0.2) is 4.68 Å². The first-order chi connectivity index (χ1) is 9.62. The third-order valence-corrected chi connectivity index (χ3v) is 2.81. The van der Waals surface area contributed by atoms with E-state index in [9.17, 15) is 10.1 Å². The molecule has 0 aliphatic rings. The molecule has 0 amide bonds. The number of ether oxygens (including phenoxy) is 1. The first kappa shape index (κ1) is 13.5. The zero-order chi connectivity index (χ0) is 14.7. The number of nitrogens with zero attached hydrogens (tertiary/aromatic N) is 5. The fourth-order valence-electron chi connectivity index (χ4n) is 1.87. The molecule has 0 bridgehead atoms. The van der Waals surface area contributed by atoms with Crippen molar-refractivity contribution >= 4 is 5.69 Å². The molecule has 1 aromatic heterocycles. The number of rotatable bonds is 4. The summed E-state index contributed by atoms with van der Waals surface area (Å²) in [5.74, 6) is 0.164. The highest BCUT2D eigenvalue weighted by Crippen LogP contribution is 2.29. The minimum absolute atomic E-state index is 0.164. The molecule has 1 aromatic carbocycles. The number of nitro benzene ring substituents is 1. The van der Waals surface area contributed by atoms with Crippen molar-refractivity contribution in [3.63, 3.8) is 0 Å². The highest BCUT2D eigenvalue weighted by atomic mass is 16.6. The van der Waals surface area contributed by atoms with Crippen molar-refractivity contribution in [2.45, 2.75) is 13.3 Å². The maximum atomic E-state index is 11.0. The van der Waals surface area contributed by atoms with Crippen molar-refractivity contribution in [2.24, 2.45) is 0 Å². The second-order valence-corrected chi connectivity index (χ2v) is 3.88. The van der Waals surface area contributed by atoms with Crippen molar-refractivity contribution in [2.75, 3.05) is 7.11 Å². The number of benzene rings is 1. The molecule has 1 heterocycles. The van der Waals surface area contributed by atoms with Gasteiger partial charge in [0.25, 0.3) is 0 Å². The van der Waals surface area contributed by atoms with Crippen molar-refractivity contribution in [3.8, 4) is 17.5 Å². The van der Waals surface area contributed by atoms with Crippen LogP contribution >= 0.6 is 0 Å². The lowest BCUT2D eigenvalue weighted by Gasteiger charge is -2.06. The Kier molecular flexibility index (Phi) is 3.61. The highest BCUT2D eigenvalue weighted by molar-refractivity contribution is 5.54. The summed E-state index contributed by atoms with van der Waals surface area (Å²) in [5, 5.41) is 27.6. The van der Waals surface area contributed by atoms with Crippen LogP contribution in [0.3, 0.4) is 0 Å². The lowest BCUT2D eigenvalue weighted by Crippen LogP contribution is -2.03. The van der Waals surface area contributed by atoms with Crippen LogP contribution in [0, 0.1) is 21.4 Å². The minimum atomic E-state index is -0.532. The molecule has 0 radical (unpaired) electrons. The van der Waals surface area contributed by atoms with E-state index in [2.05, 4.69) is 10.3 Å². The van der Waals surface area contributed by atoms with Crippen LogP contribution in [0.15, 0.2) is 18.2 Å². The predicted octanol–water partition coefficient (Wildman–Crippen LogP) is 1.62. The first-order valence-electron chi connectivity index (χ1n) is 5.79. The first-order valence-corrected chi connectivity index (χ1v) is 5.79. The van der Waals surface area contributed by atoms with Crippen LogP contribution in [0.25, 0.3) is 5.69 Å². The molecule has 2 rings (SSSR count). The van der Waals surface area contributed by atoms with Crippen LogP contribution in [0.4, 0.5) is 5.69 Å². The van der Waals surface area contributed by atoms with Gasteiger partial charge in [0.15, 0.2) is 11.4 Å². The fraction of sp³-hybridized carbons (Fsp3) is 0.250. The van der Waals surface area contributed by atoms with Gasteiger partial charge in [0.1, 0.15) is 6.07 Å². The summed E-state index contributed by atoms with van der Waals surface area (Å²) in [4.78, 5) is 10.5. The van der Waals surface area contributed by atoms with Crippen molar-refractivity contribution < 1.29 is 9.66 Å². The molecule has 2 aromatic rings. The summed E-state index contributed by atoms with van der Waals surface area (Å²) >= 11 is 0. The molecular formula is C12H11N5O3. The van der Waals surface area contributed by atoms with Crippen molar-refractivity contribution in [3.05, 3.63) is 39.7 Å². The van der Waals surface area contributed by atoms with Gasteiger partial charge in [-0.2, -0.15) is 5.26 Å². The maximum absolute atomic E-state index is 11.0. The van der Waals surface area contributed by atoms with Gasteiger partial charge in [-0.1, -0.05) is 12.1 Å². The van der Waals surface area contributed by atoms with Gasteiger partial charge in [0.2, 0.25) is 0 Å². The molecule has 20 heavy (non-hydrogen) atoms. The third kappa shape index (κ3) is 2.16. The number of hydrogen-bond donors (Lipinski definition) is 0. The number of nitro groups is 1.